The third-order valence-corrected chi connectivity index (χ3v) is 6.53. The van der Waals surface area contributed by atoms with Gasteiger partial charge in [0.2, 0.25) is 6.33 Å². The van der Waals surface area contributed by atoms with Crippen molar-refractivity contribution >= 4 is 33.1 Å². The Labute approximate surface area is 197 Å². The van der Waals surface area contributed by atoms with E-state index in [-0.39, 0.29) is 0 Å². The zero-order chi connectivity index (χ0) is 22.4. The molecule has 0 saturated heterocycles. The monoisotopic (exact) mass is 445 g/mol. The van der Waals surface area contributed by atoms with Gasteiger partial charge in [-0.15, -0.1) is 0 Å². The third-order valence-electron chi connectivity index (χ3n) is 6.28. The largest absolute Gasteiger partial charge is 0.249 e. The number of imidazole rings is 1. The number of hydrogen-bond acceptors (Lipinski definition) is 0. The first-order chi connectivity index (χ1) is 16.2. The van der Waals surface area contributed by atoms with Crippen LogP contribution in [0.1, 0.15) is 0 Å². The van der Waals surface area contributed by atoms with Crippen LogP contribution in [0.5, 0.6) is 0 Å². The first-order valence-corrected chi connectivity index (χ1v) is 11.4. The van der Waals surface area contributed by atoms with Crippen LogP contribution in [0.4, 0.5) is 0 Å². The summed E-state index contributed by atoms with van der Waals surface area (Å²) in [5.74, 6) is 0. The van der Waals surface area contributed by atoms with Crippen LogP contribution in [0.2, 0.25) is 5.02 Å². The summed E-state index contributed by atoms with van der Waals surface area (Å²) in [6.07, 6.45) is 2.16. The minimum atomic E-state index is 0.733. The molecular formula is C30H22ClN2+. The van der Waals surface area contributed by atoms with Crippen LogP contribution >= 0.6 is 11.6 Å². The normalized spacial score (nSPS) is 11.3. The maximum atomic E-state index is 6.21. The Morgan fingerprint density at radius 1 is 0.667 bits per heavy atom. The highest BCUT2D eigenvalue weighted by atomic mass is 35.5. The van der Waals surface area contributed by atoms with Crippen LogP contribution in [-0.2, 0) is 7.05 Å². The van der Waals surface area contributed by atoms with Gasteiger partial charge in [-0.2, -0.15) is 4.57 Å². The molecule has 33 heavy (non-hydrogen) atoms. The number of nitrogens with zero attached hydrogens (tertiary/aromatic N) is 2. The van der Waals surface area contributed by atoms with Crippen molar-refractivity contribution < 1.29 is 4.57 Å². The first-order valence-electron chi connectivity index (χ1n) is 11.0. The molecule has 0 aliphatic carbocycles. The Bertz CT molecular complexity index is 1620. The molecule has 0 aliphatic heterocycles. The van der Waals surface area contributed by atoms with E-state index in [0.29, 0.717) is 0 Å². The van der Waals surface area contributed by atoms with Crippen molar-refractivity contribution in [3.63, 3.8) is 0 Å². The number of fused-ring (bicyclic) bond motifs is 2. The van der Waals surface area contributed by atoms with Crippen molar-refractivity contribution in [2.75, 3.05) is 0 Å². The summed E-state index contributed by atoms with van der Waals surface area (Å²) in [6.45, 7) is 0. The van der Waals surface area contributed by atoms with E-state index in [9.17, 15) is 0 Å². The highest BCUT2D eigenvalue weighted by molar-refractivity contribution is 6.30. The summed E-state index contributed by atoms with van der Waals surface area (Å²) in [5, 5.41) is 5.67. The number of hydrogen-bond donors (Lipinski definition) is 0. The van der Waals surface area contributed by atoms with Crippen molar-refractivity contribution in [2.24, 2.45) is 7.05 Å². The van der Waals surface area contributed by atoms with Crippen molar-refractivity contribution in [3.05, 3.63) is 121 Å². The quantitative estimate of drug-likeness (QED) is 0.248. The highest BCUT2D eigenvalue weighted by Gasteiger charge is 2.27. The van der Waals surface area contributed by atoms with E-state index >= 15 is 0 Å². The number of rotatable bonds is 3. The molecule has 0 aliphatic rings. The molecule has 5 aromatic carbocycles. The summed E-state index contributed by atoms with van der Waals surface area (Å²) in [5.41, 5.74) is 5.79. The second-order valence-corrected chi connectivity index (χ2v) is 8.80. The minimum Gasteiger partial charge on any atom is -0.232 e. The fourth-order valence-electron chi connectivity index (χ4n) is 4.73. The maximum absolute atomic E-state index is 6.21. The van der Waals surface area contributed by atoms with Gasteiger partial charge in [0.25, 0.3) is 0 Å². The summed E-state index contributed by atoms with van der Waals surface area (Å²) in [6, 6.07) is 38.3. The smallest absolute Gasteiger partial charge is 0.232 e. The van der Waals surface area contributed by atoms with E-state index in [1.807, 2.05) is 12.1 Å². The molecule has 0 fully saturated rings. The van der Waals surface area contributed by atoms with Crippen LogP contribution in [-0.4, -0.2) is 4.57 Å². The lowest BCUT2D eigenvalue weighted by atomic mass is 9.97. The van der Waals surface area contributed by atoms with Gasteiger partial charge in [0, 0.05) is 16.1 Å². The molecule has 6 aromatic rings. The predicted octanol–water partition coefficient (Wildman–Crippen LogP) is 7.60. The van der Waals surface area contributed by atoms with Gasteiger partial charge in [-0.1, -0.05) is 78.3 Å². The first kappa shape index (κ1) is 19.8. The van der Waals surface area contributed by atoms with Gasteiger partial charge < -0.3 is 0 Å². The number of aromatic nitrogens is 2. The lowest BCUT2D eigenvalue weighted by Crippen LogP contribution is -2.27. The Hall–Kier alpha value is -3.88. The average Bonchev–Trinajstić information content (AvgIpc) is 3.20. The van der Waals surface area contributed by atoms with Gasteiger partial charge in [0.05, 0.1) is 7.05 Å². The van der Waals surface area contributed by atoms with Crippen molar-refractivity contribution in [1.29, 1.82) is 0 Å². The molecule has 0 spiro atoms. The minimum absolute atomic E-state index is 0.733. The van der Waals surface area contributed by atoms with E-state index in [1.54, 1.807) is 0 Å². The second-order valence-electron chi connectivity index (χ2n) is 8.36. The van der Waals surface area contributed by atoms with Crippen molar-refractivity contribution in [1.82, 2.24) is 4.57 Å². The summed E-state index contributed by atoms with van der Waals surface area (Å²) in [4.78, 5) is 0. The summed E-state index contributed by atoms with van der Waals surface area (Å²) < 4.78 is 4.48. The van der Waals surface area contributed by atoms with Crippen LogP contribution in [0, 0.1) is 0 Å². The molecule has 6 rings (SSSR count). The molecule has 0 radical (unpaired) electrons. The highest BCUT2D eigenvalue weighted by Crippen LogP contribution is 2.37. The average molecular weight is 446 g/mol. The molecule has 2 nitrogen and oxygen atoms in total. The summed E-state index contributed by atoms with van der Waals surface area (Å²) >= 11 is 6.21. The number of benzene rings is 5. The maximum Gasteiger partial charge on any atom is 0.249 e. The molecule has 0 N–H and O–H groups in total. The Kier molecular flexibility index (Phi) is 4.74. The lowest BCUT2D eigenvalue weighted by Gasteiger charge is -2.09. The zero-order valence-corrected chi connectivity index (χ0v) is 19.0. The molecule has 0 bridgehead atoms. The molecule has 0 saturated carbocycles. The topological polar surface area (TPSA) is 8.81 Å². The van der Waals surface area contributed by atoms with E-state index in [4.69, 9.17) is 11.6 Å². The van der Waals surface area contributed by atoms with Gasteiger partial charge in [-0.25, -0.2) is 4.57 Å². The fraction of sp³-hybridized carbons (Fsp3) is 0.0333. The Balaban J connectivity index is 1.70. The molecule has 0 atom stereocenters. The van der Waals surface area contributed by atoms with E-state index in [2.05, 4.69) is 120 Å². The lowest BCUT2D eigenvalue weighted by molar-refractivity contribution is -0.659. The third kappa shape index (κ3) is 3.40. The summed E-state index contributed by atoms with van der Waals surface area (Å²) in [7, 11) is 2.12. The SMILES string of the molecule is C[n+]1cn(-c2ccc(Cl)cc2)c(-c2cccc3ccccc23)c1-c1ccc2ccccc2c1. The molecule has 158 valence electrons. The van der Waals surface area contributed by atoms with Crippen LogP contribution in [0.3, 0.4) is 0 Å². The molecule has 0 unspecified atom stereocenters. The van der Waals surface area contributed by atoms with Crippen LogP contribution in [0.25, 0.3) is 49.7 Å². The van der Waals surface area contributed by atoms with E-state index in [1.165, 1.54) is 38.4 Å². The molecular weight excluding hydrogens is 424 g/mol. The molecule has 1 heterocycles. The number of aryl methyl sites for hydroxylation is 1. The van der Waals surface area contributed by atoms with Gasteiger partial charge in [-0.05, 0) is 64.0 Å². The van der Waals surface area contributed by atoms with Crippen molar-refractivity contribution in [2.45, 2.75) is 0 Å². The molecule has 1 aromatic heterocycles. The Morgan fingerprint density at radius 3 is 2.18 bits per heavy atom. The van der Waals surface area contributed by atoms with Gasteiger partial charge >= 0.3 is 0 Å². The second kappa shape index (κ2) is 7.91. The standard InChI is InChI=1S/C30H22ClN2/c1-32-20-33(26-17-15-25(31)16-18-26)30(28-12-6-10-22-8-4-5-11-27(22)28)29(32)24-14-13-21-7-2-3-9-23(21)19-24/h2-20H,1H3/q+1. The van der Waals surface area contributed by atoms with Gasteiger partial charge in [-0.3, -0.25) is 0 Å². The molecule has 0 amide bonds. The van der Waals surface area contributed by atoms with Crippen LogP contribution < -0.4 is 4.57 Å². The Morgan fingerprint density at radius 2 is 1.36 bits per heavy atom. The predicted molar refractivity (Wildman–Crippen MR) is 138 cm³/mol. The zero-order valence-electron chi connectivity index (χ0n) is 18.2. The van der Waals surface area contributed by atoms with Crippen LogP contribution in [0.15, 0.2) is 116 Å². The van der Waals surface area contributed by atoms with E-state index < -0.39 is 0 Å². The molecule has 3 heteroatoms. The van der Waals surface area contributed by atoms with Gasteiger partial charge in [0.15, 0.2) is 11.4 Å². The van der Waals surface area contributed by atoms with E-state index in [0.717, 1.165) is 16.4 Å². The van der Waals surface area contributed by atoms with Crippen molar-refractivity contribution in [3.8, 4) is 28.2 Å². The van der Waals surface area contributed by atoms with Gasteiger partial charge in [0.1, 0.15) is 5.69 Å². The number of halogens is 1. The fourth-order valence-corrected chi connectivity index (χ4v) is 4.86.